The molecule has 0 spiro atoms. The van der Waals surface area contributed by atoms with Gasteiger partial charge in [-0.15, -0.1) is 0 Å². The number of aryl methyl sites for hydroxylation is 3. The van der Waals surface area contributed by atoms with Crippen LogP contribution in [0.1, 0.15) is 121 Å². The predicted molar refractivity (Wildman–Crippen MR) is 137 cm³/mol. The quantitative estimate of drug-likeness (QED) is 0.218. The van der Waals surface area contributed by atoms with Gasteiger partial charge in [-0.05, 0) is 50.3 Å². The third-order valence-corrected chi connectivity index (χ3v) is 6.21. The van der Waals surface area contributed by atoms with Gasteiger partial charge < -0.3 is 4.74 Å². The Bertz CT molecular complexity index is 726. The van der Waals surface area contributed by atoms with Crippen molar-refractivity contribution in [2.24, 2.45) is 0 Å². The van der Waals surface area contributed by atoms with Crippen LogP contribution in [0.25, 0.3) is 0 Å². The lowest BCUT2D eigenvalue weighted by Crippen LogP contribution is -1.99. The van der Waals surface area contributed by atoms with Crippen molar-refractivity contribution >= 4 is 0 Å². The molecule has 0 bridgehead atoms. The third-order valence-electron chi connectivity index (χ3n) is 6.21. The van der Waals surface area contributed by atoms with Gasteiger partial charge in [-0.2, -0.15) is 0 Å². The van der Waals surface area contributed by atoms with Gasteiger partial charge in [0.25, 0.3) is 0 Å². The molecule has 0 saturated carbocycles. The Hall–Kier alpha value is -1.90. The van der Waals surface area contributed by atoms with E-state index in [1.54, 1.807) is 0 Å². The highest BCUT2D eigenvalue weighted by atomic mass is 16.5. The summed E-state index contributed by atoms with van der Waals surface area (Å²) in [6, 6.07) is 8.52. The van der Waals surface area contributed by atoms with Gasteiger partial charge in [0.05, 0.1) is 11.4 Å². The molecule has 0 fully saturated rings. The maximum absolute atomic E-state index is 6.08. The van der Waals surface area contributed by atoms with E-state index >= 15 is 0 Å². The van der Waals surface area contributed by atoms with Gasteiger partial charge in [-0.1, -0.05) is 103 Å². The monoisotopic (exact) mass is 438 g/mol. The van der Waals surface area contributed by atoms with Crippen molar-refractivity contribution in [2.75, 3.05) is 0 Å². The lowest BCUT2D eigenvalue weighted by molar-refractivity contribution is 0.451. The molecule has 0 atom stereocenters. The average Bonchev–Trinajstić information content (AvgIpc) is 2.81. The van der Waals surface area contributed by atoms with Crippen LogP contribution in [0.15, 0.2) is 30.5 Å². The smallest absolute Gasteiger partial charge is 0.241 e. The summed E-state index contributed by atoms with van der Waals surface area (Å²) < 4.78 is 6.08. The van der Waals surface area contributed by atoms with Crippen LogP contribution in [-0.2, 0) is 12.8 Å². The van der Waals surface area contributed by atoms with Crippen LogP contribution in [0.2, 0.25) is 0 Å². The molecule has 178 valence electrons. The minimum absolute atomic E-state index is 0.644. The SMILES string of the molecule is CCCCCCCCCc1ccc(Oc2nc(CCCCCCCCC)cnc2C)cc1. The Morgan fingerprint density at radius 2 is 1.19 bits per heavy atom. The van der Waals surface area contributed by atoms with E-state index in [4.69, 9.17) is 9.72 Å². The van der Waals surface area contributed by atoms with E-state index in [2.05, 4.69) is 43.1 Å². The lowest BCUT2D eigenvalue weighted by atomic mass is 10.0. The van der Waals surface area contributed by atoms with E-state index in [9.17, 15) is 0 Å². The fourth-order valence-corrected chi connectivity index (χ4v) is 4.07. The molecule has 0 aliphatic carbocycles. The summed E-state index contributed by atoms with van der Waals surface area (Å²) in [5, 5.41) is 0. The van der Waals surface area contributed by atoms with E-state index < -0.39 is 0 Å². The Kier molecular flexibility index (Phi) is 13.7. The third kappa shape index (κ3) is 11.1. The first-order valence-corrected chi connectivity index (χ1v) is 13.3. The number of ether oxygens (including phenoxy) is 1. The zero-order chi connectivity index (χ0) is 22.9. The zero-order valence-electron chi connectivity index (χ0n) is 21.0. The zero-order valence-corrected chi connectivity index (χ0v) is 21.0. The standard InChI is InChI=1S/C29H46N2O/c1-4-6-8-10-12-14-16-18-26-20-22-28(23-21-26)32-29-25(3)30-24-27(31-29)19-17-15-13-11-9-7-5-2/h20-24H,4-19H2,1-3H3. The van der Waals surface area contributed by atoms with E-state index in [1.165, 1.54) is 95.5 Å². The van der Waals surface area contributed by atoms with Crippen molar-refractivity contribution in [3.05, 3.63) is 47.4 Å². The number of hydrogen-bond donors (Lipinski definition) is 0. The van der Waals surface area contributed by atoms with E-state index in [0.717, 1.165) is 30.0 Å². The lowest BCUT2D eigenvalue weighted by Gasteiger charge is -2.10. The molecule has 0 saturated heterocycles. The van der Waals surface area contributed by atoms with Gasteiger partial charge in [-0.3, -0.25) is 4.98 Å². The average molecular weight is 439 g/mol. The van der Waals surface area contributed by atoms with Crippen molar-refractivity contribution in [2.45, 2.75) is 124 Å². The highest BCUT2D eigenvalue weighted by Crippen LogP contribution is 2.23. The molecule has 0 aliphatic rings. The van der Waals surface area contributed by atoms with E-state index in [0.29, 0.717) is 5.88 Å². The van der Waals surface area contributed by atoms with Gasteiger partial charge in [0.1, 0.15) is 5.75 Å². The van der Waals surface area contributed by atoms with Crippen LogP contribution in [0.3, 0.4) is 0 Å². The molecule has 0 unspecified atom stereocenters. The number of nitrogens with zero attached hydrogens (tertiary/aromatic N) is 2. The van der Waals surface area contributed by atoms with Gasteiger partial charge in [0, 0.05) is 6.20 Å². The topological polar surface area (TPSA) is 35.0 Å². The van der Waals surface area contributed by atoms with Crippen LogP contribution in [0.5, 0.6) is 11.6 Å². The van der Waals surface area contributed by atoms with Gasteiger partial charge >= 0.3 is 0 Å². The summed E-state index contributed by atoms with van der Waals surface area (Å²) >= 11 is 0. The summed E-state index contributed by atoms with van der Waals surface area (Å²) in [6.45, 7) is 6.51. The first-order chi connectivity index (χ1) is 15.7. The van der Waals surface area contributed by atoms with Crippen molar-refractivity contribution in [3.8, 4) is 11.6 Å². The van der Waals surface area contributed by atoms with Crippen molar-refractivity contribution in [1.82, 2.24) is 9.97 Å². The van der Waals surface area contributed by atoms with Crippen molar-refractivity contribution in [1.29, 1.82) is 0 Å². The Morgan fingerprint density at radius 3 is 1.78 bits per heavy atom. The number of rotatable bonds is 18. The molecular formula is C29H46N2O. The van der Waals surface area contributed by atoms with Crippen molar-refractivity contribution in [3.63, 3.8) is 0 Å². The Labute approximate surface area is 197 Å². The largest absolute Gasteiger partial charge is 0.437 e. The summed E-state index contributed by atoms with van der Waals surface area (Å²) in [5.41, 5.74) is 3.27. The number of benzene rings is 1. The van der Waals surface area contributed by atoms with Crippen LogP contribution >= 0.6 is 0 Å². The highest BCUT2D eigenvalue weighted by Gasteiger charge is 2.07. The molecule has 1 heterocycles. The molecule has 0 aliphatic heterocycles. The second kappa shape index (κ2) is 16.7. The molecule has 3 heteroatoms. The van der Waals surface area contributed by atoms with Crippen molar-refractivity contribution < 1.29 is 4.74 Å². The van der Waals surface area contributed by atoms with Gasteiger partial charge in [0.2, 0.25) is 5.88 Å². The first-order valence-electron chi connectivity index (χ1n) is 13.3. The molecule has 0 amide bonds. The molecule has 3 nitrogen and oxygen atoms in total. The molecule has 0 N–H and O–H groups in total. The van der Waals surface area contributed by atoms with Crippen LogP contribution in [-0.4, -0.2) is 9.97 Å². The second-order valence-electron chi connectivity index (χ2n) is 9.24. The minimum Gasteiger partial charge on any atom is -0.437 e. The molecule has 2 rings (SSSR count). The van der Waals surface area contributed by atoms with Crippen LogP contribution in [0, 0.1) is 6.92 Å². The molecule has 2 aromatic rings. The van der Waals surface area contributed by atoms with Crippen LogP contribution in [0.4, 0.5) is 0 Å². The Balaban J connectivity index is 1.72. The van der Waals surface area contributed by atoms with E-state index in [1.807, 2.05) is 13.1 Å². The van der Waals surface area contributed by atoms with E-state index in [-0.39, 0.29) is 0 Å². The van der Waals surface area contributed by atoms with Crippen LogP contribution < -0.4 is 4.74 Å². The normalized spacial score (nSPS) is 11.1. The maximum Gasteiger partial charge on any atom is 0.241 e. The first kappa shape index (κ1) is 26.4. The summed E-state index contributed by atoms with van der Waals surface area (Å²) in [6.07, 6.45) is 22.7. The molecule has 1 aromatic heterocycles. The number of aromatic nitrogens is 2. The Morgan fingerprint density at radius 1 is 0.656 bits per heavy atom. The van der Waals surface area contributed by atoms with Gasteiger partial charge in [-0.25, -0.2) is 4.98 Å². The number of hydrogen-bond acceptors (Lipinski definition) is 3. The summed E-state index contributed by atoms with van der Waals surface area (Å²) in [5.74, 6) is 1.49. The summed E-state index contributed by atoms with van der Waals surface area (Å²) in [4.78, 5) is 9.26. The summed E-state index contributed by atoms with van der Waals surface area (Å²) in [7, 11) is 0. The minimum atomic E-state index is 0.644. The fraction of sp³-hybridized carbons (Fsp3) is 0.655. The second-order valence-corrected chi connectivity index (χ2v) is 9.24. The highest BCUT2D eigenvalue weighted by molar-refractivity contribution is 5.32. The maximum atomic E-state index is 6.08. The number of unbranched alkanes of at least 4 members (excludes halogenated alkanes) is 12. The van der Waals surface area contributed by atoms with Gasteiger partial charge in [0.15, 0.2) is 0 Å². The molecule has 32 heavy (non-hydrogen) atoms. The molecular weight excluding hydrogens is 392 g/mol. The molecule has 0 radical (unpaired) electrons. The predicted octanol–water partition coefficient (Wildman–Crippen LogP) is 9.16. The fourth-order valence-electron chi connectivity index (χ4n) is 4.07. The molecule has 1 aromatic carbocycles.